The summed E-state index contributed by atoms with van der Waals surface area (Å²) < 4.78 is 9.90. The van der Waals surface area contributed by atoms with E-state index in [1.54, 1.807) is 0 Å². The Labute approximate surface area is 78.1 Å². The molecule has 0 aromatic carbocycles. The quantitative estimate of drug-likeness (QED) is 0.307. The standard InChI is InChI=1S/C6H9NO7/c8-6(9)2-13-4-3(14-7(10)11)1-12-5(4)6/h3-5,8-9H,1-2H2/t3-,4+,5-/m0/s1. The maximum Gasteiger partial charge on any atom is 0.294 e. The second-order valence-corrected chi connectivity index (χ2v) is 3.28. The van der Waals surface area contributed by atoms with E-state index in [2.05, 4.69) is 4.84 Å². The molecule has 2 heterocycles. The second kappa shape index (κ2) is 3.02. The Morgan fingerprint density at radius 2 is 2.21 bits per heavy atom. The van der Waals surface area contributed by atoms with Crippen LogP contribution < -0.4 is 0 Å². The maximum atomic E-state index is 10.1. The van der Waals surface area contributed by atoms with Gasteiger partial charge in [-0.2, -0.15) is 0 Å². The third-order valence-corrected chi connectivity index (χ3v) is 2.27. The zero-order valence-electron chi connectivity index (χ0n) is 7.03. The van der Waals surface area contributed by atoms with Gasteiger partial charge in [-0.25, -0.2) is 0 Å². The highest BCUT2D eigenvalue weighted by molar-refractivity contribution is 4.98. The lowest BCUT2D eigenvalue weighted by Crippen LogP contribution is -2.43. The Morgan fingerprint density at radius 1 is 1.50 bits per heavy atom. The normalized spacial score (nSPS) is 39.4. The molecular weight excluding hydrogens is 198 g/mol. The molecule has 3 atom stereocenters. The highest BCUT2D eigenvalue weighted by Crippen LogP contribution is 2.33. The molecule has 14 heavy (non-hydrogen) atoms. The average Bonchev–Trinajstić information content (AvgIpc) is 2.55. The van der Waals surface area contributed by atoms with Crippen LogP contribution in [0.25, 0.3) is 0 Å². The first kappa shape index (κ1) is 9.59. The largest absolute Gasteiger partial charge is 0.367 e. The van der Waals surface area contributed by atoms with Crippen molar-refractivity contribution in [1.29, 1.82) is 0 Å². The van der Waals surface area contributed by atoms with Crippen molar-refractivity contribution in [2.45, 2.75) is 24.1 Å². The molecule has 0 radical (unpaired) electrons. The van der Waals surface area contributed by atoms with Crippen LogP contribution in [0.5, 0.6) is 0 Å². The van der Waals surface area contributed by atoms with Gasteiger partial charge in [0.1, 0.15) is 18.8 Å². The number of hydrogen-bond acceptors (Lipinski definition) is 7. The SMILES string of the molecule is O=[N+]([O-])O[C@H]1CO[C@H]2[C@@H]1OCC2(O)O. The fourth-order valence-corrected chi connectivity index (χ4v) is 1.68. The van der Waals surface area contributed by atoms with Crippen molar-refractivity contribution in [3.8, 4) is 0 Å². The van der Waals surface area contributed by atoms with Crippen LogP contribution in [0.1, 0.15) is 0 Å². The van der Waals surface area contributed by atoms with E-state index in [1.807, 2.05) is 0 Å². The van der Waals surface area contributed by atoms with Crippen molar-refractivity contribution < 1.29 is 29.6 Å². The van der Waals surface area contributed by atoms with E-state index >= 15 is 0 Å². The zero-order valence-corrected chi connectivity index (χ0v) is 7.03. The van der Waals surface area contributed by atoms with Crippen molar-refractivity contribution in [2.24, 2.45) is 0 Å². The van der Waals surface area contributed by atoms with E-state index in [1.165, 1.54) is 0 Å². The first-order chi connectivity index (χ1) is 6.50. The lowest BCUT2D eigenvalue weighted by molar-refractivity contribution is -0.769. The molecule has 2 fully saturated rings. The molecule has 0 bridgehead atoms. The lowest BCUT2D eigenvalue weighted by atomic mass is 10.1. The second-order valence-electron chi connectivity index (χ2n) is 3.28. The van der Waals surface area contributed by atoms with E-state index < -0.39 is 29.2 Å². The van der Waals surface area contributed by atoms with Gasteiger partial charge in [0.05, 0.1) is 6.61 Å². The molecule has 2 aliphatic heterocycles. The summed E-state index contributed by atoms with van der Waals surface area (Å²) in [7, 11) is 0. The number of fused-ring (bicyclic) bond motifs is 1. The molecule has 0 unspecified atom stereocenters. The minimum atomic E-state index is -2.08. The van der Waals surface area contributed by atoms with Gasteiger partial charge >= 0.3 is 0 Å². The van der Waals surface area contributed by atoms with Crippen LogP contribution in [0.2, 0.25) is 0 Å². The minimum absolute atomic E-state index is 0.0841. The molecule has 2 N–H and O–H groups in total. The lowest BCUT2D eigenvalue weighted by Gasteiger charge is -2.19. The Balaban J connectivity index is 2.04. The molecule has 8 nitrogen and oxygen atoms in total. The topological polar surface area (TPSA) is 111 Å². The van der Waals surface area contributed by atoms with Crippen LogP contribution >= 0.6 is 0 Å². The molecule has 2 aliphatic rings. The van der Waals surface area contributed by atoms with E-state index in [9.17, 15) is 20.3 Å². The predicted molar refractivity (Wildman–Crippen MR) is 38.5 cm³/mol. The predicted octanol–water partition coefficient (Wildman–Crippen LogP) is -1.96. The Kier molecular flexibility index (Phi) is 2.07. The summed E-state index contributed by atoms with van der Waals surface area (Å²) in [5.41, 5.74) is 0. The molecule has 80 valence electrons. The van der Waals surface area contributed by atoms with Crippen LogP contribution in [0, 0.1) is 10.1 Å². The Bertz CT molecular complexity index is 255. The average molecular weight is 207 g/mol. The summed E-state index contributed by atoms with van der Waals surface area (Å²) in [6.07, 6.45) is -2.67. The molecule has 0 amide bonds. The summed E-state index contributed by atoms with van der Waals surface area (Å²) in [6, 6.07) is 0. The van der Waals surface area contributed by atoms with Gasteiger partial charge in [-0.15, -0.1) is 10.1 Å². The summed E-state index contributed by atoms with van der Waals surface area (Å²) in [4.78, 5) is 14.3. The summed E-state index contributed by atoms with van der Waals surface area (Å²) in [5.74, 6) is -2.08. The molecule has 8 heteroatoms. The maximum absolute atomic E-state index is 10.1. The molecule has 0 saturated carbocycles. The Morgan fingerprint density at radius 3 is 2.86 bits per heavy atom. The van der Waals surface area contributed by atoms with Crippen LogP contribution in [-0.2, 0) is 14.3 Å². The van der Waals surface area contributed by atoms with Crippen LogP contribution in [0.3, 0.4) is 0 Å². The number of rotatable bonds is 2. The zero-order chi connectivity index (χ0) is 10.3. The highest BCUT2D eigenvalue weighted by Gasteiger charge is 2.56. The van der Waals surface area contributed by atoms with Gasteiger partial charge in [-0.1, -0.05) is 0 Å². The molecule has 0 aromatic heterocycles. The fourth-order valence-electron chi connectivity index (χ4n) is 1.68. The first-order valence-electron chi connectivity index (χ1n) is 4.00. The van der Waals surface area contributed by atoms with E-state index in [0.717, 1.165) is 0 Å². The monoisotopic (exact) mass is 207 g/mol. The number of nitrogens with zero attached hydrogens (tertiary/aromatic N) is 1. The summed E-state index contributed by atoms with van der Waals surface area (Å²) >= 11 is 0. The third-order valence-electron chi connectivity index (χ3n) is 2.27. The summed E-state index contributed by atoms with van der Waals surface area (Å²) in [5, 5.41) is 27.7. The minimum Gasteiger partial charge on any atom is -0.367 e. The van der Waals surface area contributed by atoms with Gasteiger partial charge in [0.2, 0.25) is 5.79 Å². The van der Waals surface area contributed by atoms with E-state index in [-0.39, 0.29) is 13.2 Å². The van der Waals surface area contributed by atoms with Gasteiger partial charge < -0.3 is 24.5 Å². The number of ether oxygens (including phenoxy) is 2. The molecule has 2 rings (SSSR count). The van der Waals surface area contributed by atoms with Gasteiger partial charge in [0.25, 0.3) is 5.09 Å². The Hall–Kier alpha value is -0.960. The molecule has 0 spiro atoms. The van der Waals surface area contributed by atoms with E-state index in [4.69, 9.17) is 9.47 Å². The van der Waals surface area contributed by atoms with Crippen molar-refractivity contribution in [2.75, 3.05) is 13.2 Å². The first-order valence-corrected chi connectivity index (χ1v) is 4.00. The van der Waals surface area contributed by atoms with Crippen molar-refractivity contribution in [3.63, 3.8) is 0 Å². The van der Waals surface area contributed by atoms with Crippen LogP contribution in [0.15, 0.2) is 0 Å². The molecule has 0 aliphatic carbocycles. The number of hydrogen-bond donors (Lipinski definition) is 2. The van der Waals surface area contributed by atoms with Gasteiger partial charge in [0.15, 0.2) is 6.10 Å². The third kappa shape index (κ3) is 1.42. The summed E-state index contributed by atoms with van der Waals surface area (Å²) in [6.45, 7) is -0.418. The van der Waals surface area contributed by atoms with Crippen molar-refractivity contribution >= 4 is 0 Å². The molecule has 0 aromatic rings. The van der Waals surface area contributed by atoms with E-state index in [0.29, 0.717) is 0 Å². The van der Waals surface area contributed by atoms with Gasteiger partial charge in [-0.05, 0) is 0 Å². The highest BCUT2D eigenvalue weighted by atomic mass is 17.0. The van der Waals surface area contributed by atoms with Gasteiger partial charge in [-0.3, -0.25) is 0 Å². The van der Waals surface area contributed by atoms with Gasteiger partial charge in [0, 0.05) is 0 Å². The molecular formula is C6H9NO7. The van der Waals surface area contributed by atoms with Crippen LogP contribution in [-0.4, -0.2) is 52.6 Å². The van der Waals surface area contributed by atoms with Crippen LogP contribution in [0.4, 0.5) is 0 Å². The van der Waals surface area contributed by atoms with Crippen molar-refractivity contribution in [3.05, 3.63) is 10.1 Å². The van der Waals surface area contributed by atoms with Crippen molar-refractivity contribution in [1.82, 2.24) is 0 Å². The number of aliphatic hydroxyl groups is 2. The fraction of sp³-hybridized carbons (Fsp3) is 1.00. The smallest absolute Gasteiger partial charge is 0.294 e. The molecule has 2 saturated heterocycles.